The molecular weight excluding hydrogens is 310 g/mol. The number of phenolic OH excluding ortho intramolecular Hbond substituents is 1. The Kier molecular flexibility index (Phi) is 3.55. The lowest BCUT2D eigenvalue weighted by molar-refractivity contribution is 0.478. The number of sulfonamides is 1. The minimum absolute atomic E-state index is 0.0722. The standard InChI is InChI=1S/C15H14ClNO3S/c16-13-5-2-6-14(15(13)18)17-21(19,20)12-8-7-10-3-1-4-11(10)9-12/h2,5-9,17-18H,1,3-4H2. The zero-order chi connectivity index (χ0) is 15.0. The summed E-state index contributed by atoms with van der Waals surface area (Å²) in [6.45, 7) is 0. The van der Waals surface area contributed by atoms with Gasteiger partial charge in [0.05, 0.1) is 15.6 Å². The summed E-state index contributed by atoms with van der Waals surface area (Å²) in [4.78, 5) is 0.197. The van der Waals surface area contributed by atoms with Crippen LogP contribution in [-0.4, -0.2) is 13.5 Å². The molecule has 2 N–H and O–H groups in total. The van der Waals surface area contributed by atoms with E-state index < -0.39 is 10.0 Å². The van der Waals surface area contributed by atoms with Crippen LogP contribution in [0.3, 0.4) is 0 Å². The molecule has 0 saturated heterocycles. The van der Waals surface area contributed by atoms with Crippen LogP contribution in [0.25, 0.3) is 0 Å². The predicted octanol–water partition coefficient (Wildman–Crippen LogP) is 3.34. The van der Waals surface area contributed by atoms with Crippen LogP contribution in [0.2, 0.25) is 5.02 Å². The van der Waals surface area contributed by atoms with Gasteiger partial charge in [-0.15, -0.1) is 0 Å². The molecule has 0 aromatic heterocycles. The van der Waals surface area contributed by atoms with Crippen molar-refractivity contribution in [2.75, 3.05) is 4.72 Å². The molecule has 1 aliphatic carbocycles. The number of halogens is 1. The predicted molar refractivity (Wildman–Crippen MR) is 82.4 cm³/mol. The third-order valence-electron chi connectivity index (χ3n) is 3.61. The summed E-state index contributed by atoms with van der Waals surface area (Å²) in [6, 6.07) is 9.67. The minimum Gasteiger partial charge on any atom is -0.504 e. The zero-order valence-corrected chi connectivity index (χ0v) is 12.7. The van der Waals surface area contributed by atoms with Gasteiger partial charge in [0.2, 0.25) is 0 Å². The van der Waals surface area contributed by atoms with E-state index in [9.17, 15) is 13.5 Å². The Bertz CT molecular complexity index is 803. The van der Waals surface area contributed by atoms with Crippen LogP contribution >= 0.6 is 11.6 Å². The lowest BCUT2D eigenvalue weighted by Crippen LogP contribution is -2.13. The number of fused-ring (bicyclic) bond motifs is 1. The van der Waals surface area contributed by atoms with Crippen LogP contribution < -0.4 is 4.72 Å². The van der Waals surface area contributed by atoms with Gasteiger partial charge in [-0.25, -0.2) is 8.42 Å². The number of benzene rings is 2. The number of para-hydroxylation sites is 1. The van der Waals surface area contributed by atoms with E-state index in [-0.39, 0.29) is 21.4 Å². The first kappa shape index (κ1) is 14.2. The first-order chi connectivity index (χ1) is 9.97. The topological polar surface area (TPSA) is 66.4 Å². The van der Waals surface area contributed by atoms with Gasteiger partial charge in [0, 0.05) is 0 Å². The van der Waals surface area contributed by atoms with Crippen LogP contribution in [0.5, 0.6) is 5.75 Å². The van der Waals surface area contributed by atoms with Gasteiger partial charge in [-0.2, -0.15) is 0 Å². The summed E-state index contributed by atoms with van der Waals surface area (Å²) in [5, 5.41) is 9.90. The van der Waals surface area contributed by atoms with Crippen molar-refractivity contribution < 1.29 is 13.5 Å². The number of phenols is 1. The van der Waals surface area contributed by atoms with E-state index in [1.807, 2.05) is 6.07 Å². The Morgan fingerprint density at radius 1 is 1.10 bits per heavy atom. The molecule has 0 atom stereocenters. The van der Waals surface area contributed by atoms with E-state index in [4.69, 9.17) is 11.6 Å². The number of hydrogen-bond donors (Lipinski definition) is 2. The molecule has 0 heterocycles. The van der Waals surface area contributed by atoms with Crippen molar-refractivity contribution in [3.8, 4) is 5.75 Å². The second kappa shape index (κ2) is 5.24. The summed E-state index contributed by atoms with van der Waals surface area (Å²) < 4.78 is 27.2. The highest BCUT2D eigenvalue weighted by Gasteiger charge is 2.20. The van der Waals surface area contributed by atoms with Crippen molar-refractivity contribution in [1.82, 2.24) is 0 Å². The Labute approximate surface area is 128 Å². The fourth-order valence-electron chi connectivity index (χ4n) is 2.52. The molecule has 0 amide bonds. The number of anilines is 1. The maximum Gasteiger partial charge on any atom is 0.262 e. The van der Waals surface area contributed by atoms with Gasteiger partial charge in [0.1, 0.15) is 0 Å². The van der Waals surface area contributed by atoms with Crippen molar-refractivity contribution in [2.45, 2.75) is 24.2 Å². The molecule has 0 unspecified atom stereocenters. The SMILES string of the molecule is O=S(=O)(Nc1cccc(Cl)c1O)c1ccc2c(c1)CCC2. The van der Waals surface area contributed by atoms with Gasteiger partial charge >= 0.3 is 0 Å². The Morgan fingerprint density at radius 2 is 1.86 bits per heavy atom. The molecule has 0 bridgehead atoms. The first-order valence-electron chi connectivity index (χ1n) is 6.59. The molecule has 0 spiro atoms. The average Bonchev–Trinajstić information content (AvgIpc) is 2.91. The van der Waals surface area contributed by atoms with Gasteiger partial charge in [-0.3, -0.25) is 4.72 Å². The monoisotopic (exact) mass is 323 g/mol. The number of hydrogen-bond acceptors (Lipinski definition) is 3. The Balaban J connectivity index is 1.96. The van der Waals surface area contributed by atoms with Crippen LogP contribution in [0.4, 0.5) is 5.69 Å². The van der Waals surface area contributed by atoms with Crippen molar-refractivity contribution >= 4 is 27.3 Å². The Hall–Kier alpha value is -1.72. The van der Waals surface area contributed by atoms with E-state index in [2.05, 4.69) is 4.72 Å². The molecular formula is C15H14ClNO3S. The highest BCUT2D eigenvalue weighted by molar-refractivity contribution is 7.92. The second-order valence-electron chi connectivity index (χ2n) is 5.03. The summed E-state index contributed by atoms with van der Waals surface area (Å²) >= 11 is 5.78. The molecule has 0 radical (unpaired) electrons. The van der Waals surface area contributed by atoms with Gasteiger partial charge in [-0.1, -0.05) is 23.7 Å². The summed E-state index contributed by atoms with van der Waals surface area (Å²) in [5.41, 5.74) is 2.36. The molecule has 21 heavy (non-hydrogen) atoms. The molecule has 2 aromatic carbocycles. The average molecular weight is 324 g/mol. The van der Waals surface area contributed by atoms with E-state index in [1.54, 1.807) is 18.2 Å². The summed E-state index contributed by atoms with van der Waals surface area (Å²) in [5.74, 6) is -0.274. The van der Waals surface area contributed by atoms with Crippen LogP contribution in [0.15, 0.2) is 41.3 Å². The molecule has 0 fully saturated rings. The maximum atomic E-state index is 12.4. The van der Waals surface area contributed by atoms with E-state index >= 15 is 0 Å². The third kappa shape index (κ3) is 2.71. The normalized spacial score (nSPS) is 14.0. The molecule has 2 aromatic rings. The molecule has 110 valence electrons. The highest BCUT2D eigenvalue weighted by Crippen LogP contribution is 2.33. The summed E-state index contributed by atoms with van der Waals surface area (Å²) in [6.07, 6.45) is 2.96. The van der Waals surface area contributed by atoms with E-state index in [0.717, 1.165) is 24.8 Å². The first-order valence-corrected chi connectivity index (χ1v) is 8.45. The molecule has 3 rings (SSSR count). The largest absolute Gasteiger partial charge is 0.504 e. The second-order valence-corrected chi connectivity index (χ2v) is 7.12. The minimum atomic E-state index is -3.74. The summed E-state index contributed by atoms with van der Waals surface area (Å²) in [7, 11) is -3.74. The quantitative estimate of drug-likeness (QED) is 0.851. The lowest BCUT2D eigenvalue weighted by atomic mass is 10.1. The molecule has 0 saturated carbocycles. The van der Waals surface area contributed by atoms with E-state index in [0.29, 0.717) is 0 Å². The fourth-order valence-corrected chi connectivity index (χ4v) is 3.81. The zero-order valence-electron chi connectivity index (χ0n) is 11.1. The Morgan fingerprint density at radius 3 is 2.67 bits per heavy atom. The third-order valence-corrected chi connectivity index (χ3v) is 5.28. The van der Waals surface area contributed by atoms with Gasteiger partial charge in [-0.05, 0) is 54.7 Å². The van der Waals surface area contributed by atoms with Crippen molar-refractivity contribution in [1.29, 1.82) is 0 Å². The number of nitrogens with one attached hydrogen (secondary N) is 1. The number of rotatable bonds is 3. The highest BCUT2D eigenvalue weighted by atomic mass is 35.5. The molecule has 0 aliphatic heterocycles. The molecule has 4 nitrogen and oxygen atoms in total. The van der Waals surface area contributed by atoms with E-state index in [1.165, 1.54) is 17.7 Å². The number of aryl methyl sites for hydroxylation is 2. The van der Waals surface area contributed by atoms with Crippen molar-refractivity contribution in [3.63, 3.8) is 0 Å². The van der Waals surface area contributed by atoms with Gasteiger partial charge in [0.15, 0.2) is 5.75 Å². The van der Waals surface area contributed by atoms with Gasteiger partial charge in [0.25, 0.3) is 10.0 Å². The molecule has 6 heteroatoms. The van der Waals surface area contributed by atoms with Crippen LogP contribution in [0.1, 0.15) is 17.5 Å². The van der Waals surface area contributed by atoms with Crippen molar-refractivity contribution in [3.05, 3.63) is 52.5 Å². The lowest BCUT2D eigenvalue weighted by Gasteiger charge is -2.11. The van der Waals surface area contributed by atoms with Gasteiger partial charge < -0.3 is 5.11 Å². The molecule has 1 aliphatic rings. The van der Waals surface area contributed by atoms with Crippen molar-refractivity contribution in [2.24, 2.45) is 0 Å². The van der Waals surface area contributed by atoms with Crippen LogP contribution in [-0.2, 0) is 22.9 Å². The number of aromatic hydroxyl groups is 1. The van der Waals surface area contributed by atoms with Crippen LogP contribution in [0, 0.1) is 0 Å². The maximum absolute atomic E-state index is 12.4. The smallest absolute Gasteiger partial charge is 0.262 e. The fraction of sp³-hybridized carbons (Fsp3) is 0.200.